The molecule has 1 aliphatic heterocycles. The lowest BCUT2D eigenvalue weighted by Gasteiger charge is -2.19. The van der Waals surface area contributed by atoms with Crippen LogP contribution in [0.15, 0.2) is 6.20 Å². The van der Waals surface area contributed by atoms with Gasteiger partial charge in [0.25, 0.3) is 0 Å². The summed E-state index contributed by atoms with van der Waals surface area (Å²) in [5, 5.41) is 7.63. The van der Waals surface area contributed by atoms with Crippen molar-refractivity contribution < 1.29 is 4.74 Å². The molecule has 102 valence electrons. The van der Waals surface area contributed by atoms with Crippen molar-refractivity contribution in [2.45, 2.75) is 25.3 Å². The number of H-pyrrole nitrogens is 1. The van der Waals surface area contributed by atoms with Crippen molar-refractivity contribution in [3.63, 3.8) is 0 Å². The lowest BCUT2D eigenvalue weighted by atomic mass is 10.1. The smallest absolute Gasteiger partial charge is 0.229 e. The van der Waals surface area contributed by atoms with E-state index in [1.165, 1.54) is 19.4 Å². The lowest BCUT2D eigenvalue weighted by Crippen LogP contribution is -2.26. The van der Waals surface area contributed by atoms with Crippen molar-refractivity contribution in [1.29, 1.82) is 0 Å². The van der Waals surface area contributed by atoms with Gasteiger partial charge in [0.2, 0.25) is 11.2 Å². The highest BCUT2D eigenvalue weighted by molar-refractivity contribution is 6.28. The van der Waals surface area contributed by atoms with Gasteiger partial charge in [-0.1, -0.05) is 0 Å². The van der Waals surface area contributed by atoms with E-state index in [2.05, 4.69) is 32.1 Å². The third-order valence-electron chi connectivity index (χ3n) is 3.61. The second-order valence-corrected chi connectivity index (χ2v) is 5.18. The van der Waals surface area contributed by atoms with Gasteiger partial charge in [0, 0.05) is 6.04 Å². The molecule has 1 N–H and O–H groups in total. The molecule has 3 heterocycles. The van der Waals surface area contributed by atoms with Crippen molar-refractivity contribution in [2.24, 2.45) is 0 Å². The average molecular weight is 282 g/mol. The molecule has 2 aromatic rings. The Kier molecular flexibility index (Phi) is 3.52. The summed E-state index contributed by atoms with van der Waals surface area (Å²) in [4.78, 5) is 10.5. The highest BCUT2D eigenvalue weighted by Gasteiger charge is 2.20. The first-order chi connectivity index (χ1) is 9.24. The maximum Gasteiger partial charge on any atom is 0.229 e. The summed E-state index contributed by atoms with van der Waals surface area (Å²) in [6.45, 7) is 1.80. The highest BCUT2D eigenvalue weighted by atomic mass is 35.5. The normalized spacial score (nSPS) is 20.2. The van der Waals surface area contributed by atoms with Crippen LogP contribution in [-0.2, 0) is 0 Å². The molecule has 0 bridgehead atoms. The maximum atomic E-state index is 5.85. The van der Waals surface area contributed by atoms with E-state index in [-0.39, 0.29) is 5.28 Å². The molecule has 3 rings (SSSR count). The quantitative estimate of drug-likeness (QED) is 0.867. The first-order valence-electron chi connectivity index (χ1n) is 6.43. The van der Waals surface area contributed by atoms with Gasteiger partial charge in [-0.3, -0.25) is 5.10 Å². The van der Waals surface area contributed by atoms with E-state index in [9.17, 15) is 0 Å². The third kappa shape index (κ3) is 2.64. The summed E-state index contributed by atoms with van der Waals surface area (Å²) in [5.41, 5.74) is 0.605. The number of halogens is 1. The Hall–Kier alpha value is -1.40. The van der Waals surface area contributed by atoms with E-state index >= 15 is 0 Å². The van der Waals surface area contributed by atoms with Crippen LogP contribution in [0.3, 0.4) is 0 Å². The van der Waals surface area contributed by atoms with E-state index in [0.29, 0.717) is 24.2 Å². The van der Waals surface area contributed by atoms with E-state index in [1.807, 2.05) is 0 Å². The Balaban J connectivity index is 1.66. The number of nitrogens with one attached hydrogen (secondary N) is 1. The van der Waals surface area contributed by atoms with Crippen LogP contribution in [0.1, 0.15) is 19.3 Å². The molecular weight excluding hydrogens is 266 g/mol. The van der Waals surface area contributed by atoms with E-state index in [1.54, 1.807) is 6.20 Å². The fraction of sp³-hybridized carbons (Fsp3) is 0.583. The molecule has 6 nitrogen and oxygen atoms in total. The van der Waals surface area contributed by atoms with Crippen molar-refractivity contribution in [2.75, 3.05) is 20.2 Å². The zero-order valence-corrected chi connectivity index (χ0v) is 11.5. The zero-order chi connectivity index (χ0) is 13.2. The Morgan fingerprint density at radius 3 is 3.21 bits per heavy atom. The molecular formula is C12H16ClN5O. The van der Waals surface area contributed by atoms with Crippen molar-refractivity contribution >= 4 is 22.6 Å². The summed E-state index contributed by atoms with van der Waals surface area (Å²) in [6, 6.07) is 0.608. The second kappa shape index (κ2) is 5.30. The standard InChI is InChI=1S/C12H16ClN5O/c1-18-5-2-3-8(18)4-6-19-11-9-7-14-17-10(9)15-12(13)16-11/h7-8H,2-6H2,1H3,(H,14,15,16,17). The molecule has 0 spiro atoms. The molecule has 0 radical (unpaired) electrons. The van der Waals surface area contributed by atoms with Gasteiger partial charge in [0.1, 0.15) is 5.39 Å². The average Bonchev–Trinajstić information content (AvgIpc) is 2.98. The van der Waals surface area contributed by atoms with Crippen LogP contribution >= 0.6 is 11.6 Å². The van der Waals surface area contributed by atoms with E-state index in [4.69, 9.17) is 16.3 Å². The van der Waals surface area contributed by atoms with Crippen LogP contribution in [-0.4, -0.2) is 51.3 Å². The largest absolute Gasteiger partial charge is 0.477 e. The molecule has 0 aromatic carbocycles. The van der Waals surface area contributed by atoms with Crippen LogP contribution in [0.5, 0.6) is 5.88 Å². The maximum absolute atomic E-state index is 5.85. The number of likely N-dealkylation sites (tertiary alicyclic amines) is 1. The number of rotatable bonds is 4. The van der Waals surface area contributed by atoms with Crippen molar-refractivity contribution in [3.05, 3.63) is 11.5 Å². The van der Waals surface area contributed by atoms with Gasteiger partial charge in [-0.15, -0.1) is 0 Å². The minimum absolute atomic E-state index is 0.171. The summed E-state index contributed by atoms with van der Waals surface area (Å²) in [6.07, 6.45) is 5.16. The van der Waals surface area contributed by atoms with Gasteiger partial charge in [-0.05, 0) is 44.5 Å². The van der Waals surface area contributed by atoms with Gasteiger partial charge < -0.3 is 9.64 Å². The summed E-state index contributed by atoms with van der Waals surface area (Å²) in [7, 11) is 2.16. The number of aromatic nitrogens is 4. The predicted molar refractivity (Wildman–Crippen MR) is 72.5 cm³/mol. The van der Waals surface area contributed by atoms with Gasteiger partial charge >= 0.3 is 0 Å². The minimum Gasteiger partial charge on any atom is -0.477 e. The number of nitrogens with zero attached hydrogens (tertiary/aromatic N) is 4. The van der Waals surface area contributed by atoms with E-state index < -0.39 is 0 Å². The Labute approximate surface area is 116 Å². The number of fused-ring (bicyclic) bond motifs is 1. The second-order valence-electron chi connectivity index (χ2n) is 4.84. The fourth-order valence-electron chi connectivity index (χ4n) is 2.53. The van der Waals surface area contributed by atoms with Crippen LogP contribution < -0.4 is 4.74 Å². The molecule has 7 heteroatoms. The molecule has 2 aromatic heterocycles. The van der Waals surface area contributed by atoms with Crippen LogP contribution in [0.25, 0.3) is 11.0 Å². The minimum atomic E-state index is 0.171. The highest BCUT2D eigenvalue weighted by Crippen LogP contribution is 2.23. The zero-order valence-electron chi connectivity index (χ0n) is 10.8. The Morgan fingerprint density at radius 2 is 2.42 bits per heavy atom. The lowest BCUT2D eigenvalue weighted by molar-refractivity contribution is 0.230. The summed E-state index contributed by atoms with van der Waals surface area (Å²) < 4.78 is 5.75. The Bertz CT molecular complexity index is 572. The molecule has 1 unspecified atom stereocenters. The molecule has 1 aliphatic rings. The molecule has 0 saturated carbocycles. The van der Waals surface area contributed by atoms with Crippen molar-refractivity contribution in [1.82, 2.24) is 25.1 Å². The molecule has 19 heavy (non-hydrogen) atoms. The molecule has 1 fully saturated rings. The van der Waals surface area contributed by atoms with Gasteiger partial charge in [-0.2, -0.15) is 15.1 Å². The first-order valence-corrected chi connectivity index (χ1v) is 6.81. The first kappa shape index (κ1) is 12.6. The van der Waals surface area contributed by atoms with Crippen LogP contribution in [0, 0.1) is 0 Å². The summed E-state index contributed by atoms with van der Waals surface area (Å²) in [5.74, 6) is 0.504. The van der Waals surface area contributed by atoms with Crippen molar-refractivity contribution in [3.8, 4) is 5.88 Å². The topological polar surface area (TPSA) is 66.9 Å². The molecule has 1 saturated heterocycles. The monoisotopic (exact) mass is 281 g/mol. The molecule has 0 amide bonds. The molecule has 0 aliphatic carbocycles. The predicted octanol–water partition coefficient (Wildman–Crippen LogP) is 1.87. The number of hydrogen-bond acceptors (Lipinski definition) is 5. The van der Waals surface area contributed by atoms with Crippen LogP contribution in [0.2, 0.25) is 5.28 Å². The fourth-order valence-corrected chi connectivity index (χ4v) is 2.69. The number of ether oxygens (including phenoxy) is 1. The van der Waals surface area contributed by atoms with Gasteiger partial charge in [-0.25, -0.2) is 0 Å². The molecule has 1 atom stereocenters. The SMILES string of the molecule is CN1CCCC1CCOc1nc(Cl)nc2[nH]ncc12. The third-order valence-corrected chi connectivity index (χ3v) is 3.78. The summed E-state index contributed by atoms with van der Waals surface area (Å²) >= 11 is 5.85. The van der Waals surface area contributed by atoms with Gasteiger partial charge in [0.15, 0.2) is 5.65 Å². The Morgan fingerprint density at radius 1 is 1.53 bits per heavy atom. The van der Waals surface area contributed by atoms with E-state index in [0.717, 1.165) is 11.8 Å². The number of hydrogen-bond donors (Lipinski definition) is 1. The number of aromatic amines is 1. The van der Waals surface area contributed by atoms with Gasteiger partial charge in [0.05, 0.1) is 12.8 Å². The van der Waals surface area contributed by atoms with Crippen LogP contribution in [0.4, 0.5) is 0 Å².